The molecule has 2 heteroatoms. The fourth-order valence-electron chi connectivity index (χ4n) is 3.54. The molecule has 1 aromatic heterocycles. The quantitative estimate of drug-likeness (QED) is 0.618. The summed E-state index contributed by atoms with van der Waals surface area (Å²) in [6.07, 6.45) is 12.4. The molecule has 1 N–H and O–H groups in total. The zero-order valence-electron chi connectivity index (χ0n) is 13.3. The maximum Gasteiger partial charge on any atom is 0.00483 e. The van der Waals surface area contributed by atoms with E-state index in [4.69, 9.17) is 0 Å². The maximum atomic E-state index is 3.60. The summed E-state index contributed by atoms with van der Waals surface area (Å²) in [7, 11) is 0. The Bertz CT molecular complexity index is 377. The maximum absolute atomic E-state index is 3.60. The van der Waals surface area contributed by atoms with Crippen molar-refractivity contribution in [2.45, 2.75) is 71.6 Å². The average molecular weight is 294 g/mol. The van der Waals surface area contributed by atoms with Crippen LogP contribution >= 0.6 is 11.3 Å². The second-order valence-corrected chi connectivity index (χ2v) is 7.68. The molecular weight excluding hydrogens is 262 g/mol. The smallest absolute Gasteiger partial charge is 0.00483 e. The van der Waals surface area contributed by atoms with E-state index in [-0.39, 0.29) is 0 Å². The van der Waals surface area contributed by atoms with Gasteiger partial charge in [-0.05, 0) is 75.6 Å². The lowest BCUT2D eigenvalue weighted by molar-refractivity contribution is 0.246. The molecule has 1 fully saturated rings. The Kier molecular flexibility index (Phi) is 6.57. The Morgan fingerprint density at radius 1 is 1.05 bits per heavy atom. The van der Waals surface area contributed by atoms with Gasteiger partial charge in [0.25, 0.3) is 0 Å². The van der Waals surface area contributed by atoms with Gasteiger partial charge in [0.1, 0.15) is 0 Å². The fraction of sp³-hybridized carbons (Fsp3) is 0.778. The first-order valence-electron chi connectivity index (χ1n) is 8.56. The summed E-state index contributed by atoms with van der Waals surface area (Å²) in [4.78, 5) is 3.15. The normalized spacial score (nSPS) is 17.7. The van der Waals surface area contributed by atoms with Gasteiger partial charge in [-0.3, -0.25) is 0 Å². The third kappa shape index (κ3) is 4.60. The highest BCUT2D eigenvalue weighted by atomic mass is 32.1. The Hall–Kier alpha value is -0.340. The van der Waals surface area contributed by atoms with Crippen molar-refractivity contribution in [2.75, 3.05) is 13.1 Å². The molecule has 1 heterocycles. The molecule has 114 valence electrons. The minimum Gasteiger partial charge on any atom is -0.317 e. The largest absolute Gasteiger partial charge is 0.317 e. The van der Waals surface area contributed by atoms with Gasteiger partial charge in [-0.2, -0.15) is 0 Å². The summed E-state index contributed by atoms with van der Waals surface area (Å²) in [6.45, 7) is 6.91. The third-order valence-electron chi connectivity index (χ3n) is 4.89. The molecular formula is C18H31NS. The molecule has 0 spiro atoms. The molecule has 1 aliphatic rings. The molecule has 1 aromatic rings. The van der Waals surface area contributed by atoms with Crippen molar-refractivity contribution >= 4 is 11.3 Å². The third-order valence-corrected chi connectivity index (χ3v) is 6.18. The van der Waals surface area contributed by atoms with Crippen LogP contribution in [0.2, 0.25) is 0 Å². The summed E-state index contributed by atoms with van der Waals surface area (Å²) in [5.74, 6) is 0. The number of nitrogens with one attached hydrogen (secondary N) is 1. The number of hydrogen-bond acceptors (Lipinski definition) is 2. The highest BCUT2D eigenvalue weighted by molar-refractivity contribution is 7.11. The Balaban J connectivity index is 1.81. The summed E-state index contributed by atoms with van der Waals surface area (Å²) in [5.41, 5.74) is 0.650. The van der Waals surface area contributed by atoms with E-state index >= 15 is 0 Å². The van der Waals surface area contributed by atoms with Crippen molar-refractivity contribution in [3.63, 3.8) is 0 Å². The van der Waals surface area contributed by atoms with Crippen LogP contribution in [0.4, 0.5) is 0 Å². The Labute approximate surface area is 129 Å². The summed E-state index contributed by atoms with van der Waals surface area (Å²) < 4.78 is 0. The van der Waals surface area contributed by atoms with E-state index in [0.29, 0.717) is 5.41 Å². The van der Waals surface area contributed by atoms with Crippen LogP contribution in [0.15, 0.2) is 12.1 Å². The topological polar surface area (TPSA) is 12.0 Å². The van der Waals surface area contributed by atoms with Crippen LogP contribution in [0.3, 0.4) is 0 Å². The number of hydrogen-bond donors (Lipinski definition) is 1. The van der Waals surface area contributed by atoms with E-state index < -0.39 is 0 Å². The SMILES string of the molecule is CCCNCCC1(CCc2ccc(CC)s2)CCCC1. The molecule has 0 aliphatic heterocycles. The first-order chi connectivity index (χ1) is 9.78. The van der Waals surface area contributed by atoms with Crippen LogP contribution in [0.5, 0.6) is 0 Å². The van der Waals surface area contributed by atoms with Crippen molar-refractivity contribution in [1.82, 2.24) is 5.32 Å². The molecule has 20 heavy (non-hydrogen) atoms. The van der Waals surface area contributed by atoms with Crippen LogP contribution in [-0.2, 0) is 12.8 Å². The molecule has 0 radical (unpaired) electrons. The number of aryl methyl sites for hydroxylation is 2. The van der Waals surface area contributed by atoms with Crippen LogP contribution in [0, 0.1) is 5.41 Å². The first-order valence-corrected chi connectivity index (χ1v) is 9.38. The Morgan fingerprint density at radius 2 is 1.80 bits per heavy atom. The molecule has 1 aliphatic carbocycles. The standard InChI is InChI=1S/C18H31NS/c1-3-14-19-15-13-18(10-5-6-11-18)12-9-17-8-7-16(4-2)20-17/h7-8,19H,3-6,9-15H2,1-2H3. The average Bonchev–Trinajstić information content (AvgIpc) is 3.11. The van der Waals surface area contributed by atoms with E-state index in [0.717, 1.165) is 0 Å². The van der Waals surface area contributed by atoms with Gasteiger partial charge in [-0.25, -0.2) is 0 Å². The zero-order valence-corrected chi connectivity index (χ0v) is 14.2. The number of thiophene rings is 1. The fourth-order valence-corrected chi connectivity index (χ4v) is 4.50. The first kappa shape index (κ1) is 16.0. The van der Waals surface area contributed by atoms with E-state index in [1.807, 2.05) is 11.3 Å². The second kappa shape index (κ2) is 8.19. The molecule has 0 saturated heterocycles. The number of rotatable bonds is 9. The van der Waals surface area contributed by atoms with Crippen molar-refractivity contribution in [2.24, 2.45) is 5.41 Å². The monoisotopic (exact) mass is 293 g/mol. The van der Waals surface area contributed by atoms with Gasteiger partial charge in [-0.15, -0.1) is 11.3 Å². The van der Waals surface area contributed by atoms with Gasteiger partial charge in [0.2, 0.25) is 0 Å². The lowest BCUT2D eigenvalue weighted by atomic mass is 9.78. The molecule has 0 aromatic carbocycles. The Morgan fingerprint density at radius 3 is 2.45 bits per heavy atom. The van der Waals surface area contributed by atoms with Crippen molar-refractivity contribution in [1.29, 1.82) is 0 Å². The zero-order chi connectivity index (χ0) is 14.3. The van der Waals surface area contributed by atoms with Gasteiger partial charge in [-0.1, -0.05) is 26.7 Å². The van der Waals surface area contributed by atoms with Gasteiger partial charge in [0, 0.05) is 9.75 Å². The predicted molar refractivity (Wildman–Crippen MR) is 90.7 cm³/mol. The highest BCUT2D eigenvalue weighted by Crippen LogP contribution is 2.44. The van der Waals surface area contributed by atoms with Gasteiger partial charge in [0.15, 0.2) is 0 Å². The molecule has 0 atom stereocenters. The molecule has 0 bridgehead atoms. The lowest BCUT2D eigenvalue weighted by Crippen LogP contribution is -2.25. The van der Waals surface area contributed by atoms with E-state index in [2.05, 4.69) is 31.3 Å². The minimum absolute atomic E-state index is 0.650. The van der Waals surface area contributed by atoms with Crippen LogP contribution in [0.25, 0.3) is 0 Å². The van der Waals surface area contributed by atoms with E-state index in [1.165, 1.54) is 70.9 Å². The van der Waals surface area contributed by atoms with Crippen molar-refractivity contribution in [3.8, 4) is 0 Å². The lowest BCUT2D eigenvalue weighted by Gasteiger charge is -2.29. The predicted octanol–water partition coefficient (Wildman–Crippen LogP) is 5.19. The summed E-state index contributed by atoms with van der Waals surface area (Å²) in [5, 5.41) is 3.60. The summed E-state index contributed by atoms with van der Waals surface area (Å²) >= 11 is 2.03. The molecule has 1 nitrogen and oxygen atoms in total. The molecule has 1 saturated carbocycles. The van der Waals surface area contributed by atoms with Crippen molar-refractivity contribution < 1.29 is 0 Å². The van der Waals surface area contributed by atoms with E-state index in [9.17, 15) is 0 Å². The summed E-state index contributed by atoms with van der Waals surface area (Å²) in [6, 6.07) is 4.69. The highest BCUT2D eigenvalue weighted by Gasteiger charge is 2.32. The molecule has 0 amide bonds. The van der Waals surface area contributed by atoms with Crippen LogP contribution in [-0.4, -0.2) is 13.1 Å². The van der Waals surface area contributed by atoms with Crippen LogP contribution in [0.1, 0.15) is 68.5 Å². The molecule has 2 rings (SSSR count). The van der Waals surface area contributed by atoms with Crippen LogP contribution < -0.4 is 5.32 Å². The van der Waals surface area contributed by atoms with Gasteiger partial charge in [0.05, 0.1) is 0 Å². The van der Waals surface area contributed by atoms with Crippen molar-refractivity contribution in [3.05, 3.63) is 21.9 Å². The minimum atomic E-state index is 0.650. The van der Waals surface area contributed by atoms with Gasteiger partial charge < -0.3 is 5.32 Å². The van der Waals surface area contributed by atoms with E-state index in [1.54, 1.807) is 9.75 Å². The second-order valence-electron chi connectivity index (χ2n) is 6.43. The van der Waals surface area contributed by atoms with Gasteiger partial charge >= 0.3 is 0 Å². The molecule has 0 unspecified atom stereocenters.